The van der Waals surface area contributed by atoms with Crippen molar-refractivity contribution in [1.82, 2.24) is 29.9 Å². The minimum Gasteiger partial charge on any atom is -0.493 e. The number of fused-ring (bicyclic) bond motifs is 2. The maximum atomic E-state index is 5.59. The highest BCUT2D eigenvalue weighted by Gasteiger charge is 2.36. The highest BCUT2D eigenvalue weighted by molar-refractivity contribution is 7.18. The lowest BCUT2D eigenvalue weighted by atomic mass is 9.84. The number of nitrogens with zero attached hydrogens (tertiary/aromatic N) is 4. The normalized spacial score (nSPS) is 22.5. The summed E-state index contributed by atoms with van der Waals surface area (Å²) in [5, 5.41) is 9.43. The number of hydrogen-bond donors (Lipinski definition) is 2. The van der Waals surface area contributed by atoms with Gasteiger partial charge in [0.1, 0.15) is 16.7 Å². The van der Waals surface area contributed by atoms with Crippen LogP contribution in [0.4, 0.5) is 0 Å². The molecule has 4 aromatic heterocycles. The molecule has 2 aliphatic rings. The molecule has 0 unspecified atom stereocenters. The summed E-state index contributed by atoms with van der Waals surface area (Å²) in [4.78, 5) is 14.4. The fourth-order valence-electron chi connectivity index (χ4n) is 5.52. The van der Waals surface area contributed by atoms with Crippen molar-refractivity contribution in [3.8, 4) is 17.0 Å². The van der Waals surface area contributed by atoms with Crippen LogP contribution >= 0.6 is 11.3 Å². The van der Waals surface area contributed by atoms with Crippen LogP contribution in [0.5, 0.6) is 5.75 Å². The number of nitrogens with one attached hydrogen (secondary N) is 2. The van der Waals surface area contributed by atoms with Gasteiger partial charge in [0, 0.05) is 29.3 Å². The molecule has 0 spiro atoms. The molecule has 9 heteroatoms. The SMILES string of the molecule is COc1cc(-c2[nH]c3sc(C4CCC(NC5(C)COC5)CC4)nc3c2C(C)C)cn2ncnc12. The largest absolute Gasteiger partial charge is 0.493 e. The number of rotatable bonds is 6. The zero-order valence-electron chi connectivity index (χ0n) is 20.2. The minimum absolute atomic E-state index is 0.176. The van der Waals surface area contributed by atoms with Crippen molar-refractivity contribution in [2.75, 3.05) is 20.3 Å². The van der Waals surface area contributed by atoms with E-state index in [4.69, 9.17) is 14.5 Å². The molecule has 1 saturated heterocycles. The number of aromatic amines is 1. The minimum atomic E-state index is 0.176. The van der Waals surface area contributed by atoms with Crippen LogP contribution in [-0.2, 0) is 4.74 Å². The van der Waals surface area contributed by atoms with E-state index >= 15 is 0 Å². The van der Waals surface area contributed by atoms with Gasteiger partial charge in [-0.1, -0.05) is 13.8 Å². The van der Waals surface area contributed by atoms with Crippen LogP contribution in [0.25, 0.3) is 27.3 Å². The molecule has 2 N–H and O–H groups in total. The lowest BCUT2D eigenvalue weighted by molar-refractivity contribution is -0.0712. The predicted molar refractivity (Wildman–Crippen MR) is 134 cm³/mol. The Morgan fingerprint density at radius 1 is 1.26 bits per heavy atom. The summed E-state index contributed by atoms with van der Waals surface area (Å²) >= 11 is 1.82. The summed E-state index contributed by atoms with van der Waals surface area (Å²) in [6.07, 6.45) is 8.34. The van der Waals surface area contributed by atoms with Gasteiger partial charge >= 0.3 is 0 Å². The molecule has 0 amide bonds. The second kappa shape index (κ2) is 8.32. The van der Waals surface area contributed by atoms with E-state index < -0.39 is 0 Å². The lowest BCUT2D eigenvalue weighted by Gasteiger charge is -2.43. The highest BCUT2D eigenvalue weighted by atomic mass is 32.1. The van der Waals surface area contributed by atoms with E-state index in [0.717, 1.165) is 40.5 Å². The summed E-state index contributed by atoms with van der Waals surface area (Å²) in [6.45, 7) is 8.41. The van der Waals surface area contributed by atoms with Crippen LogP contribution in [0.3, 0.4) is 0 Å². The lowest BCUT2D eigenvalue weighted by Crippen LogP contribution is -2.61. The van der Waals surface area contributed by atoms with Crippen molar-refractivity contribution in [1.29, 1.82) is 0 Å². The fraction of sp³-hybridized carbons (Fsp3) is 0.560. The van der Waals surface area contributed by atoms with Crippen LogP contribution in [0, 0.1) is 0 Å². The first-order valence-corrected chi connectivity index (χ1v) is 13.0. The topological polar surface area (TPSA) is 89.4 Å². The second-order valence-corrected chi connectivity index (χ2v) is 11.4. The van der Waals surface area contributed by atoms with Crippen LogP contribution in [0.1, 0.15) is 68.9 Å². The highest BCUT2D eigenvalue weighted by Crippen LogP contribution is 2.42. The summed E-state index contributed by atoms with van der Waals surface area (Å²) in [7, 11) is 1.67. The molecule has 34 heavy (non-hydrogen) atoms. The Labute approximate surface area is 203 Å². The summed E-state index contributed by atoms with van der Waals surface area (Å²) < 4.78 is 12.8. The first kappa shape index (κ1) is 22.0. The van der Waals surface area contributed by atoms with Gasteiger partial charge in [-0.15, -0.1) is 11.3 Å². The number of hydrogen-bond acceptors (Lipinski definition) is 7. The number of H-pyrrole nitrogens is 1. The van der Waals surface area contributed by atoms with E-state index in [1.807, 2.05) is 23.6 Å². The van der Waals surface area contributed by atoms with E-state index in [1.165, 1.54) is 36.3 Å². The number of aromatic nitrogens is 5. The van der Waals surface area contributed by atoms with Crippen LogP contribution in [-0.4, -0.2) is 56.5 Å². The zero-order valence-corrected chi connectivity index (χ0v) is 21.0. The smallest absolute Gasteiger partial charge is 0.197 e. The molecule has 1 aliphatic carbocycles. The molecule has 0 radical (unpaired) electrons. The Kier molecular flexibility index (Phi) is 5.38. The number of methoxy groups -OCH3 is 1. The van der Waals surface area contributed by atoms with Gasteiger partial charge in [-0.3, -0.25) is 0 Å². The maximum Gasteiger partial charge on any atom is 0.197 e. The Morgan fingerprint density at radius 3 is 2.74 bits per heavy atom. The van der Waals surface area contributed by atoms with Crippen LogP contribution < -0.4 is 10.1 Å². The van der Waals surface area contributed by atoms with Crippen molar-refractivity contribution in [2.24, 2.45) is 0 Å². The molecule has 1 aliphatic heterocycles. The molecule has 180 valence electrons. The van der Waals surface area contributed by atoms with E-state index in [1.54, 1.807) is 18.0 Å². The van der Waals surface area contributed by atoms with Crippen molar-refractivity contribution in [3.05, 3.63) is 29.2 Å². The Morgan fingerprint density at radius 2 is 2.06 bits per heavy atom. The molecular weight excluding hydrogens is 448 g/mol. The molecule has 8 nitrogen and oxygen atoms in total. The second-order valence-electron chi connectivity index (χ2n) is 10.4. The molecule has 4 aromatic rings. The number of thiazole rings is 1. The van der Waals surface area contributed by atoms with Gasteiger partial charge in [0.15, 0.2) is 11.4 Å². The Balaban J connectivity index is 1.28. The van der Waals surface area contributed by atoms with Gasteiger partial charge in [0.25, 0.3) is 0 Å². The molecule has 2 fully saturated rings. The monoisotopic (exact) mass is 480 g/mol. The summed E-state index contributed by atoms with van der Waals surface area (Å²) in [5.74, 6) is 1.59. The predicted octanol–water partition coefficient (Wildman–Crippen LogP) is 4.87. The van der Waals surface area contributed by atoms with Gasteiger partial charge in [-0.25, -0.2) is 14.5 Å². The van der Waals surface area contributed by atoms with Gasteiger partial charge < -0.3 is 19.8 Å². The van der Waals surface area contributed by atoms with Crippen molar-refractivity contribution >= 4 is 27.3 Å². The third-order valence-corrected chi connectivity index (χ3v) is 8.44. The van der Waals surface area contributed by atoms with Gasteiger partial charge in [-0.2, -0.15) is 5.10 Å². The first-order chi connectivity index (χ1) is 16.4. The molecule has 0 aromatic carbocycles. The van der Waals surface area contributed by atoms with Crippen molar-refractivity contribution < 1.29 is 9.47 Å². The average molecular weight is 481 g/mol. The van der Waals surface area contributed by atoms with Crippen LogP contribution in [0.2, 0.25) is 0 Å². The molecule has 0 bridgehead atoms. The quantitative estimate of drug-likeness (QED) is 0.409. The third-order valence-electron chi connectivity index (χ3n) is 7.30. The standard InChI is InChI=1S/C25H32N6O2S/c1-14(2)19-20(16-9-18(32-4)22-26-13-27-31(22)10-16)28-24-21(19)29-23(34-24)15-5-7-17(8-6-15)30-25(3)11-33-12-25/h9-10,13-15,17,28,30H,5-8,11-12H2,1-4H3. The van der Waals surface area contributed by atoms with Crippen molar-refractivity contribution in [3.63, 3.8) is 0 Å². The van der Waals surface area contributed by atoms with Gasteiger partial charge in [0.2, 0.25) is 0 Å². The summed E-state index contributed by atoms with van der Waals surface area (Å²) in [6, 6.07) is 2.63. The fourth-order valence-corrected chi connectivity index (χ4v) is 6.67. The average Bonchev–Trinajstić information content (AvgIpc) is 3.51. The Bertz CT molecular complexity index is 1330. The van der Waals surface area contributed by atoms with Crippen LogP contribution in [0.15, 0.2) is 18.6 Å². The van der Waals surface area contributed by atoms with Gasteiger partial charge in [-0.05, 0) is 44.6 Å². The molecule has 5 heterocycles. The Hall–Kier alpha value is -2.49. The third kappa shape index (κ3) is 3.70. The van der Waals surface area contributed by atoms with Crippen molar-refractivity contribution in [2.45, 2.75) is 69.9 Å². The summed E-state index contributed by atoms with van der Waals surface area (Å²) in [5.41, 5.74) is 5.39. The number of pyridine rings is 1. The molecule has 1 saturated carbocycles. The van der Waals surface area contributed by atoms with E-state index in [-0.39, 0.29) is 5.54 Å². The maximum absolute atomic E-state index is 5.59. The molecule has 0 atom stereocenters. The number of ether oxygens (including phenoxy) is 2. The zero-order chi connectivity index (χ0) is 23.4. The van der Waals surface area contributed by atoms with Gasteiger partial charge in [0.05, 0.1) is 36.6 Å². The first-order valence-electron chi connectivity index (χ1n) is 12.2. The molecular formula is C25H32N6O2S. The van der Waals surface area contributed by atoms with E-state index in [2.05, 4.69) is 41.2 Å². The van der Waals surface area contributed by atoms with E-state index in [9.17, 15) is 0 Å². The van der Waals surface area contributed by atoms with E-state index in [0.29, 0.717) is 23.6 Å². The molecule has 6 rings (SSSR count).